The van der Waals surface area contributed by atoms with Crippen molar-refractivity contribution in [3.05, 3.63) is 121 Å². The summed E-state index contributed by atoms with van der Waals surface area (Å²) < 4.78 is 37.3. The Morgan fingerprint density at radius 3 is 1.34 bits per heavy atom. The van der Waals surface area contributed by atoms with Crippen LogP contribution >= 0.6 is 0 Å². The first-order valence-electron chi connectivity index (χ1n) is 11.5. The van der Waals surface area contributed by atoms with Crippen LogP contribution in [0.25, 0.3) is 0 Å². The predicted molar refractivity (Wildman–Crippen MR) is 130 cm³/mol. The molecule has 0 aromatic heterocycles. The molecule has 2 unspecified atom stereocenters. The van der Waals surface area contributed by atoms with E-state index >= 15 is 0 Å². The molecule has 0 radical (unpaired) electrons. The third-order valence-corrected chi connectivity index (χ3v) is 5.12. The fourth-order valence-electron chi connectivity index (χ4n) is 3.36. The molecule has 5 rings (SSSR count). The van der Waals surface area contributed by atoms with Crippen LogP contribution in [0.1, 0.15) is 0 Å². The van der Waals surface area contributed by atoms with Gasteiger partial charge in [-0.25, -0.2) is 0 Å². The van der Waals surface area contributed by atoms with Gasteiger partial charge in [0.15, 0.2) is 0 Å². The van der Waals surface area contributed by atoms with Gasteiger partial charge in [0.1, 0.15) is 29.1 Å². The molecule has 0 amide bonds. The molecule has 0 bridgehead atoms. The van der Waals surface area contributed by atoms with Crippen molar-refractivity contribution in [1.82, 2.24) is 0 Å². The Kier molecular flexibility index (Phi) is 7.13. The summed E-state index contributed by atoms with van der Waals surface area (Å²) in [6.07, 6.45) is -1.14. The molecule has 0 spiro atoms. The third kappa shape index (κ3) is 6.32. The molecule has 6 nitrogen and oxygen atoms in total. The zero-order valence-electron chi connectivity index (χ0n) is 19.1. The number of epoxide rings is 1. The molecule has 4 aromatic rings. The highest BCUT2D eigenvalue weighted by molar-refractivity contribution is 5.27. The van der Waals surface area contributed by atoms with Gasteiger partial charge in [-0.2, -0.15) is 0 Å². The van der Waals surface area contributed by atoms with Crippen LogP contribution in [0.5, 0.6) is 23.0 Å². The summed E-state index contributed by atoms with van der Waals surface area (Å²) in [7, 11) is 0. The zero-order chi connectivity index (χ0) is 23.8. The van der Waals surface area contributed by atoms with E-state index in [1.165, 1.54) is 0 Å². The average Bonchev–Trinajstić information content (AvgIpc) is 3.73. The molecule has 1 heterocycles. The number of para-hydroxylation sites is 4. The number of hydrogen-bond donors (Lipinski definition) is 0. The van der Waals surface area contributed by atoms with E-state index in [1.807, 2.05) is 121 Å². The zero-order valence-corrected chi connectivity index (χ0v) is 19.1. The van der Waals surface area contributed by atoms with E-state index in [2.05, 4.69) is 0 Å². The number of rotatable bonds is 12. The summed E-state index contributed by atoms with van der Waals surface area (Å²) in [5.74, 6) is 0.282. The van der Waals surface area contributed by atoms with Gasteiger partial charge in [-0.15, -0.1) is 0 Å². The van der Waals surface area contributed by atoms with Gasteiger partial charge in [0.05, 0.1) is 13.2 Å². The lowest BCUT2D eigenvalue weighted by Gasteiger charge is -2.38. The highest BCUT2D eigenvalue weighted by atomic mass is 16.9. The Hall–Kier alpha value is -4.00. The maximum absolute atomic E-state index is 6.46. The van der Waals surface area contributed by atoms with Crippen molar-refractivity contribution in [2.24, 2.45) is 0 Å². The number of ether oxygens (including phenoxy) is 6. The minimum atomic E-state index is -1.85. The fourth-order valence-corrected chi connectivity index (χ4v) is 3.36. The van der Waals surface area contributed by atoms with Crippen LogP contribution in [0.15, 0.2) is 121 Å². The fraction of sp³-hybridized carbons (Fsp3) is 0.172. The van der Waals surface area contributed by atoms with Gasteiger partial charge in [-0.1, -0.05) is 72.8 Å². The summed E-state index contributed by atoms with van der Waals surface area (Å²) in [4.78, 5) is 0. The Labute approximate surface area is 204 Å². The van der Waals surface area contributed by atoms with Crippen molar-refractivity contribution >= 4 is 0 Å². The van der Waals surface area contributed by atoms with E-state index in [4.69, 9.17) is 28.4 Å². The molecule has 0 aliphatic carbocycles. The van der Waals surface area contributed by atoms with Crippen molar-refractivity contribution in [3.8, 4) is 23.0 Å². The normalized spacial score (nSPS) is 15.6. The van der Waals surface area contributed by atoms with Gasteiger partial charge >= 0.3 is 12.3 Å². The molecule has 1 fully saturated rings. The second kappa shape index (κ2) is 11.0. The molecule has 2 atom stereocenters. The molecule has 0 N–H and O–H groups in total. The van der Waals surface area contributed by atoms with E-state index in [-0.39, 0.29) is 12.7 Å². The van der Waals surface area contributed by atoms with Crippen LogP contribution in [0.3, 0.4) is 0 Å². The predicted octanol–water partition coefficient (Wildman–Crippen LogP) is 5.70. The quantitative estimate of drug-likeness (QED) is 0.196. The van der Waals surface area contributed by atoms with Crippen molar-refractivity contribution < 1.29 is 28.4 Å². The second-order valence-electron chi connectivity index (χ2n) is 7.90. The van der Waals surface area contributed by atoms with Crippen molar-refractivity contribution in [2.45, 2.75) is 18.4 Å². The number of hydrogen-bond acceptors (Lipinski definition) is 6. The maximum Gasteiger partial charge on any atom is 0.484 e. The van der Waals surface area contributed by atoms with Crippen LogP contribution < -0.4 is 18.9 Å². The summed E-state index contributed by atoms with van der Waals surface area (Å²) >= 11 is 0. The lowest BCUT2D eigenvalue weighted by atomic mass is 10.3. The Balaban J connectivity index is 1.58. The first-order chi connectivity index (χ1) is 17.3. The summed E-state index contributed by atoms with van der Waals surface area (Å²) in [6.45, 7) is 0.914. The van der Waals surface area contributed by atoms with Crippen LogP contribution in [-0.2, 0) is 9.47 Å². The molecule has 178 valence electrons. The minimum Gasteiger partial charge on any atom is -0.453 e. The SMILES string of the molecule is c1ccc(OC(OCC2CO2)C(Oc2ccccc2)(Oc2ccccc2)Oc2ccccc2)cc1. The van der Waals surface area contributed by atoms with Gasteiger partial charge in [0.2, 0.25) is 0 Å². The molecule has 1 aliphatic heterocycles. The lowest BCUT2D eigenvalue weighted by Crippen LogP contribution is -2.61. The maximum atomic E-state index is 6.46. The van der Waals surface area contributed by atoms with Gasteiger partial charge < -0.3 is 28.4 Å². The van der Waals surface area contributed by atoms with E-state index in [1.54, 1.807) is 0 Å². The van der Waals surface area contributed by atoms with Gasteiger partial charge in [-0.3, -0.25) is 0 Å². The molecular formula is C29H26O6. The number of benzene rings is 4. The summed E-state index contributed by atoms with van der Waals surface area (Å²) in [5, 5.41) is 0. The Morgan fingerprint density at radius 2 is 0.971 bits per heavy atom. The molecule has 4 aromatic carbocycles. The van der Waals surface area contributed by atoms with Crippen molar-refractivity contribution in [2.75, 3.05) is 13.2 Å². The van der Waals surface area contributed by atoms with Crippen molar-refractivity contribution in [3.63, 3.8) is 0 Å². The van der Waals surface area contributed by atoms with Gasteiger partial charge in [-0.05, 0) is 48.5 Å². The van der Waals surface area contributed by atoms with Crippen LogP contribution in [0.4, 0.5) is 0 Å². The molecule has 1 saturated heterocycles. The van der Waals surface area contributed by atoms with Crippen LogP contribution in [-0.4, -0.2) is 31.6 Å². The molecule has 6 heteroatoms. The topological polar surface area (TPSA) is 58.7 Å². The first-order valence-corrected chi connectivity index (χ1v) is 11.5. The van der Waals surface area contributed by atoms with Gasteiger partial charge in [0, 0.05) is 0 Å². The highest BCUT2D eigenvalue weighted by Crippen LogP contribution is 2.32. The first kappa shape index (κ1) is 22.8. The molecule has 0 saturated carbocycles. The second-order valence-corrected chi connectivity index (χ2v) is 7.90. The molecular weight excluding hydrogens is 444 g/mol. The van der Waals surface area contributed by atoms with Gasteiger partial charge in [0.25, 0.3) is 0 Å². The van der Waals surface area contributed by atoms with E-state index < -0.39 is 12.3 Å². The monoisotopic (exact) mass is 470 g/mol. The molecule has 35 heavy (non-hydrogen) atoms. The third-order valence-electron chi connectivity index (χ3n) is 5.12. The van der Waals surface area contributed by atoms with Crippen LogP contribution in [0.2, 0.25) is 0 Å². The van der Waals surface area contributed by atoms with E-state index in [0.717, 1.165) is 0 Å². The molecule has 1 aliphatic rings. The average molecular weight is 471 g/mol. The minimum absolute atomic E-state index is 0.0141. The van der Waals surface area contributed by atoms with E-state index in [9.17, 15) is 0 Å². The Morgan fingerprint density at radius 1 is 0.600 bits per heavy atom. The smallest absolute Gasteiger partial charge is 0.453 e. The largest absolute Gasteiger partial charge is 0.484 e. The highest BCUT2D eigenvalue weighted by Gasteiger charge is 2.52. The lowest BCUT2D eigenvalue weighted by molar-refractivity contribution is -0.353. The summed E-state index contributed by atoms with van der Waals surface area (Å²) in [6, 6.07) is 37.2. The van der Waals surface area contributed by atoms with Crippen molar-refractivity contribution in [1.29, 1.82) is 0 Å². The standard InChI is InChI=1S/C29H26O6/c1-5-13-23(14-6-1)32-28(31-22-27-21-30-27)29(33-24-15-7-2-8-16-24,34-25-17-9-3-10-18-25)35-26-19-11-4-12-20-26/h1-20,27-28H,21-22H2. The van der Waals surface area contributed by atoms with Crippen LogP contribution in [0, 0.1) is 0 Å². The summed E-state index contributed by atoms with van der Waals surface area (Å²) in [5.41, 5.74) is 0. The van der Waals surface area contributed by atoms with E-state index in [0.29, 0.717) is 29.6 Å². The Bertz CT molecular complexity index is 1050.